The molecular formula is C13H16O5. The molecule has 1 aromatic rings. The minimum atomic E-state index is -1.02. The highest BCUT2D eigenvalue weighted by molar-refractivity contribution is 5.74. The molecule has 5 heteroatoms. The lowest BCUT2D eigenvalue weighted by molar-refractivity contribution is -0.151. The normalized spacial score (nSPS) is 14.9. The minimum Gasteiger partial charge on any atom is -0.493 e. The van der Waals surface area contributed by atoms with Crippen molar-refractivity contribution in [1.82, 2.24) is 0 Å². The summed E-state index contributed by atoms with van der Waals surface area (Å²) < 4.78 is 10.7. The van der Waals surface area contributed by atoms with E-state index in [1.165, 1.54) is 0 Å². The monoisotopic (exact) mass is 252 g/mol. The molecule has 98 valence electrons. The van der Waals surface area contributed by atoms with Crippen molar-refractivity contribution in [2.45, 2.75) is 18.9 Å². The van der Waals surface area contributed by atoms with Crippen molar-refractivity contribution in [3.05, 3.63) is 29.3 Å². The van der Waals surface area contributed by atoms with Gasteiger partial charge in [0.2, 0.25) is 0 Å². The standard InChI is InChI=1S/C13H16O5/c14-5-1-6-18-12(13(15)16)10-2-3-11-9(8-10)4-7-17-11/h2-3,8,12,14H,1,4-7H2,(H,15,16). The second-order valence-corrected chi connectivity index (χ2v) is 4.13. The maximum absolute atomic E-state index is 11.2. The highest BCUT2D eigenvalue weighted by Gasteiger charge is 2.22. The first-order valence-electron chi connectivity index (χ1n) is 5.93. The topological polar surface area (TPSA) is 76.0 Å². The van der Waals surface area contributed by atoms with Gasteiger partial charge in [0, 0.05) is 13.0 Å². The molecule has 1 aliphatic rings. The molecule has 18 heavy (non-hydrogen) atoms. The van der Waals surface area contributed by atoms with Gasteiger partial charge in [-0.1, -0.05) is 6.07 Å². The van der Waals surface area contributed by atoms with Gasteiger partial charge in [0.1, 0.15) is 5.75 Å². The van der Waals surface area contributed by atoms with E-state index in [4.69, 9.17) is 19.7 Å². The highest BCUT2D eigenvalue weighted by atomic mass is 16.5. The zero-order chi connectivity index (χ0) is 13.0. The predicted molar refractivity (Wildman–Crippen MR) is 63.7 cm³/mol. The number of ether oxygens (including phenoxy) is 2. The zero-order valence-electron chi connectivity index (χ0n) is 9.96. The summed E-state index contributed by atoms with van der Waals surface area (Å²) in [7, 11) is 0. The summed E-state index contributed by atoms with van der Waals surface area (Å²) in [6.45, 7) is 0.854. The van der Waals surface area contributed by atoms with Crippen molar-refractivity contribution in [3.8, 4) is 5.75 Å². The third kappa shape index (κ3) is 2.80. The summed E-state index contributed by atoms with van der Waals surface area (Å²) in [5.41, 5.74) is 1.63. The molecule has 0 radical (unpaired) electrons. The van der Waals surface area contributed by atoms with Crippen molar-refractivity contribution in [3.63, 3.8) is 0 Å². The molecule has 1 aromatic carbocycles. The van der Waals surface area contributed by atoms with E-state index in [0.717, 1.165) is 17.7 Å². The Balaban J connectivity index is 2.12. The maximum Gasteiger partial charge on any atom is 0.337 e. The van der Waals surface area contributed by atoms with Crippen LogP contribution in [-0.4, -0.2) is 36.0 Å². The fourth-order valence-corrected chi connectivity index (χ4v) is 1.95. The third-order valence-electron chi connectivity index (χ3n) is 2.83. The average Bonchev–Trinajstić information content (AvgIpc) is 2.81. The summed E-state index contributed by atoms with van der Waals surface area (Å²) >= 11 is 0. The Hall–Kier alpha value is -1.59. The zero-order valence-corrected chi connectivity index (χ0v) is 9.96. The molecule has 2 rings (SSSR count). The molecule has 5 nitrogen and oxygen atoms in total. The molecule has 0 aliphatic carbocycles. The van der Waals surface area contributed by atoms with Crippen LogP contribution in [0, 0.1) is 0 Å². The lowest BCUT2D eigenvalue weighted by atomic mass is 10.0. The number of carboxylic acids is 1. The number of rotatable bonds is 6. The molecule has 0 aromatic heterocycles. The summed E-state index contributed by atoms with van der Waals surface area (Å²) in [6, 6.07) is 5.31. The number of benzene rings is 1. The summed E-state index contributed by atoms with van der Waals surface area (Å²) in [5, 5.41) is 17.8. The Labute approximate surface area is 105 Å². The molecule has 0 saturated carbocycles. The molecule has 1 aliphatic heterocycles. The fourth-order valence-electron chi connectivity index (χ4n) is 1.95. The van der Waals surface area contributed by atoms with E-state index < -0.39 is 12.1 Å². The second-order valence-electron chi connectivity index (χ2n) is 4.13. The Morgan fingerprint density at radius 1 is 1.50 bits per heavy atom. The third-order valence-corrected chi connectivity index (χ3v) is 2.83. The van der Waals surface area contributed by atoms with Gasteiger partial charge in [-0.3, -0.25) is 0 Å². The molecule has 0 spiro atoms. The molecule has 0 saturated heterocycles. The highest BCUT2D eigenvalue weighted by Crippen LogP contribution is 2.29. The number of aliphatic carboxylic acids is 1. The minimum absolute atomic E-state index is 0.00956. The van der Waals surface area contributed by atoms with Crippen LogP contribution in [0.2, 0.25) is 0 Å². The SMILES string of the molecule is O=C(O)C(OCCCO)c1ccc2c(c1)CCO2. The summed E-state index contributed by atoms with van der Waals surface area (Å²) in [4.78, 5) is 11.2. The van der Waals surface area contributed by atoms with Gasteiger partial charge in [0.15, 0.2) is 6.10 Å². The van der Waals surface area contributed by atoms with Crippen molar-refractivity contribution < 1.29 is 24.5 Å². The lowest BCUT2D eigenvalue weighted by Crippen LogP contribution is -2.16. The van der Waals surface area contributed by atoms with E-state index >= 15 is 0 Å². The van der Waals surface area contributed by atoms with Gasteiger partial charge < -0.3 is 19.7 Å². The molecule has 0 amide bonds. The van der Waals surface area contributed by atoms with Crippen molar-refractivity contribution in [1.29, 1.82) is 0 Å². The molecule has 1 heterocycles. The first-order chi connectivity index (χ1) is 8.72. The Kier molecular flexibility index (Phi) is 4.17. The predicted octanol–water partition coefficient (Wildman–Crippen LogP) is 1.15. The van der Waals surface area contributed by atoms with Gasteiger partial charge in [0.25, 0.3) is 0 Å². The van der Waals surface area contributed by atoms with Gasteiger partial charge in [0.05, 0.1) is 13.2 Å². The molecular weight excluding hydrogens is 236 g/mol. The quantitative estimate of drug-likeness (QED) is 0.743. The lowest BCUT2D eigenvalue weighted by Gasteiger charge is -2.14. The number of hydrogen-bond donors (Lipinski definition) is 2. The van der Waals surface area contributed by atoms with Crippen molar-refractivity contribution in [2.24, 2.45) is 0 Å². The fraction of sp³-hybridized carbons (Fsp3) is 0.462. The van der Waals surface area contributed by atoms with E-state index in [1.807, 2.05) is 6.07 Å². The number of aliphatic hydroxyl groups excluding tert-OH is 1. The van der Waals surface area contributed by atoms with E-state index in [1.54, 1.807) is 12.1 Å². The van der Waals surface area contributed by atoms with Gasteiger partial charge in [-0.2, -0.15) is 0 Å². The van der Waals surface area contributed by atoms with Gasteiger partial charge in [-0.25, -0.2) is 4.79 Å². The van der Waals surface area contributed by atoms with Gasteiger partial charge in [-0.05, 0) is 29.7 Å². The average molecular weight is 252 g/mol. The van der Waals surface area contributed by atoms with Crippen LogP contribution in [0.15, 0.2) is 18.2 Å². The van der Waals surface area contributed by atoms with Crippen LogP contribution < -0.4 is 4.74 Å². The molecule has 1 unspecified atom stereocenters. The summed E-state index contributed by atoms with van der Waals surface area (Å²) in [5.74, 6) is -0.204. The molecule has 1 atom stereocenters. The first kappa shape index (κ1) is 12.9. The van der Waals surface area contributed by atoms with Crippen LogP contribution in [0.5, 0.6) is 5.75 Å². The Morgan fingerprint density at radius 3 is 3.06 bits per heavy atom. The van der Waals surface area contributed by atoms with E-state index in [-0.39, 0.29) is 13.2 Å². The van der Waals surface area contributed by atoms with Crippen LogP contribution >= 0.6 is 0 Å². The van der Waals surface area contributed by atoms with Gasteiger partial charge in [-0.15, -0.1) is 0 Å². The largest absolute Gasteiger partial charge is 0.493 e. The van der Waals surface area contributed by atoms with E-state index in [9.17, 15) is 4.79 Å². The molecule has 0 fully saturated rings. The van der Waals surface area contributed by atoms with Crippen LogP contribution in [0.3, 0.4) is 0 Å². The molecule has 0 bridgehead atoms. The van der Waals surface area contributed by atoms with Crippen molar-refractivity contribution in [2.75, 3.05) is 19.8 Å². The smallest absolute Gasteiger partial charge is 0.337 e. The van der Waals surface area contributed by atoms with Crippen LogP contribution in [0.25, 0.3) is 0 Å². The number of carboxylic acid groups (broad SMARTS) is 1. The Bertz CT molecular complexity index is 429. The van der Waals surface area contributed by atoms with Crippen LogP contribution in [0.4, 0.5) is 0 Å². The Morgan fingerprint density at radius 2 is 2.33 bits per heavy atom. The van der Waals surface area contributed by atoms with E-state index in [2.05, 4.69) is 0 Å². The first-order valence-corrected chi connectivity index (χ1v) is 5.93. The van der Waals surface area contributed by atoms with E-state index in [0.29, 0.717) is 18.6 Å². The number of carbonyl (C=O) groups is 1. The van der Waals surface area contributed by atoms with Crippen LogP contribution in [-0.2, 0) is 16.0 Å². The second kappa shape index (κ2) is 5.84. The number of fused-ring (bicyclic) bond motifs is 1. The van der Waals surface area contributed by atoms with Gasteiger partial charge >= 0.3 is 5.97 Å². The maximum atomic E-state index is 11.2. The number of hydrogen-bond acceptors (Lipinski definition) is 4. The number of aliphatic hydroxyl groups is 1. The van der Waals surface area contributed by atoms with Crippen molar-refractivity contribution >= 4 is 5.97 Å². The summed E-state index contributed by atoms with van der Waals surface area (Å²) in [6.07, 6.45) is 0.242. The van der Waals surface area contributed by atoms with Crippen LogP contribution in [0.1, 0.15) is 23.7 Å². The molecule has 2 N–H and O–H groups in total.